The summed E-state index contributed by atoms with van der Waals surface area (Å²) in [5.74, 6) is -3.53. The third kappa shape index (κ3) is 7.28. The first-order valence-electron chi connectivity index (χ1n) is 12.4. The highest BCUT2D eigenvalue weighted by Crippen LogP contribution is 2.33. The van der Waals surface area contributed by atoms with E-state index in [1.54, 1.807) is 0 Å². The third-order valence-corrected chi connectivity index (χ3v) is 6.76. The van der Waals surface area contributed by atoms with Crippen molar-refractivity contribution >= 4 is 17.7 Å². The molecule has 1 amide bonds. The molecule has 0 bridgehead atoms. The highest BCUT2D eigenvalue weighted by Gasteiger charge is 2.34. The maximum atomic E-state index is 13.9. The van der Waals surface area contributed by atoms with E-state index in [0.29, 0.717) is 12.8 Å². The van der Waals surface area contributed by atoms with Crippen LogP contribution in [0.1, 0.15) is 52.2 Å². The van der Waals surface area contributed by atoms with Crippen molar-refractivity contribution in [3.8, 4) is 0 Å². The van der Waals surface area contributed by atoms with Crippen molar-refractivity contribution in [3.63, 3.8) is 0 Å². The van der Waals surface area contributed by atoms with Crippen LogP contribution in [0.2, 0.25) is 0 Å². The van der Waals surface area contributed by atoms with Crippen LogP contribution in [0.3, 0.4) is 0 Å². The number of carbonyl (C=O) groups is 3. The first kappa shape index (κ1) is 27.9. The lowest BCUT2D eigenvalue weighted by molar-refractivity contribution is -0.137. The number of ketones is 2. The van der Waals surface area contributed by atoms with Gasteiger partial charge in [-0.25, -0.2) is 9.78 Å². The van der Waals surface area contributed by atoms with Gasteiger partial charge in [0.2, 0.25) is 5.95 Å². The fourth-order valence-electron chi connectivity index (χ4n) is 4.61. The number of halogens is 4. The summed E-state index contributed by atoms with van der Waals surface area (Å²) in [6, 6.07) is 15.5. The Hall–Kier alpha value is -4.08. The highest BCUT2D eigenvalue weighted by atomic mass is 19.4. The molecule has 0 aliphatic carbocycles. The van der Waals surface area contributed by atoms with Gasteiger partial charge in [-0.1, -0.05) is 42.5 Å². The Morgan fingerprint density at radius 3 is 2.36 bits per heavy atom. The number of rotatable bonds is 8. The zero-order valence-electron chi connectivity index (χ0n) is 20.9. The van der Waals surface area contributed by atoms with E-state index in [-0.39, 0.29) is 43.0 Å². The molecule has 1 fully saturated rings. The largest absolute Gasteiger partial charge is 0.445 e. The second-order valence-electron chi connectivity index (χ2n) is 9.38. The first-order valence-corrected chi connectivity index (χ1v) is 12.4. The van der Waals surface area contributed by atoms with E-state index in [4.69, 9.17) is 4.74 Å². The third-order valence-electron chi connectivity index (χ3n) is 6.76. The summed E-state index contributed by atoms with van der Waals surface area (Å²) < 4.78 is 58.9. The number of aromatic nitrogens is 1. The Bertz CT molecular complexity index is 1320. The Morgan fingerprint density at radius 2 is 1.69 bits per heavy atom. The molecule has 204 valence electrons. The van der Waals surface area contributed by atoms with E-state index in [1.807, 2.05) is 30.3 Å². The van der Waals surface area contributed by atoms with Crippen LogP contribution in [0.5, 0.6) is 0 Å². The van der Waals surface area contributed by atoms with Crippen molar-refractivity contribution in [1.29, 1.82) is 0 Å². The molecule has 1 saturated heterocycles. The molecule has 1 aliphatic rings. The molecule has 1 unspecified atom stereocenters. The molecular weight excluding hydrogens is 516 g/mol. The molecule has 0 N–H and O–H groups in total. The van der Waals surface area contributed by atoms with E-state index in [0.717, 1.165) is 36.0 Å². The summed E-state index contributed by atoms with van der Waals surface area (Å²) in [6.07, 6.45) is -3.64. The lowest BCUT2D eigenvalue weighted by Gasteiger charge is -2.31. The lowest BCUT2D eigenvalue weighted by atomic mass is 9.82. The lowest BCUT2D eigenvalue weighted by Crippen LogP contribution is -2.40. The van der Waals surface area contributed by atoms with E-state index in [1.165, 1.54) is 17.0 Å². The molecule has 0 spiro atoms. The molecule has 1 aromatic heterocycles. The number of piperidine rings is 1. The molecular formula is C29H26F4N2O4. The molecule has 39 heavy (non-hydrogen) atoms. The monoisotopic (exact) mass is 542 g/mol. The molecule has 4 rings (SSSR count). The van der Waals surface area contributed by atoms with Crippen molar-refractivity contribution in [2.45, 2.75) is 38.0 Å². The number of hydrogen-bond acceptors (Lipinski definition) is 5. The SMILES string of the molecule is O=C(CC(C(=O)c1cccc(C(F)(F)F)c1)c1ccnc(F)c1)C1CCN(C(=O)OCc2ccccc2)CC1. The van der Waals surface area contributed by atoms with Gasteiger partial charge < -0.3 is 9.64 Å². The van der Waals surface area contributed by atoms with Crippen molar-refractivity contribution in [2.24, 2.45) is 5.92 Å². The quantitative estimate of drug-likeness (QED) is 0.192. The van der Waals surface area contributed by atoms with Crippen LogP contribution in [0.15, 0.2) is 72.9 Å². The van der Waals surface area contributed by atoms with E-state index >= 15 is 0 Å². The average Bonchev–Trinajstić information content (AvgIpc) is 2.94. The Labute approximate surface area is 222 Å². The number of likely N-dealkylation sites (tertiary alicyclic amines) is 1. The number of benzene rings is 2. The Balaban J connectivity index is 1.42. The molecule has 6 nitrogen and oxygen atoms in total. The summed E-state index contributed by atoms with van der Waals surface area (Å²) in [5, 5.41) is 0. The second-order valence-corrected chi connectivity index (χ2v) is 9.38. The Kier molecular flexibility index (Phi) is 8.73. The van der Waals surface area contributed by atoms with Crippen molar-refractivity contribution in [3.05, 3.63) is 101 Å². The van der Waals surface area contributed by atoms with E-state index < -0.39 is 41.4 Å². The van der Waals surface area contributed by atoms with Crippen LogP contribution >= 0.6 is 0 Å². The molecule has 0 saturated carbocycles. The van der Waals surface area contributed by atoms with E-state index in [2.05, 4.69) is 4.98 Å². The summed E-state index contributed by atoms with van der Waals surface area (Å²) in [4.78, 5) is 44.0. The average molecular weight is 543 g/mol. The van der Waals surface area contributed by atoms with Crippen LogP contribution in [-0.4, -0.2) is 40.6 Å². The minimum absolute atomic E-state index is 0.125. The van der Waals surface area contributed by atoms with Gasteiger partial charge in [0.25, 0.3) is 0 Å². The molecule has 2 aromatic carbocycles. The number of Topliss-reactive ketones (excluding diaryl/α,β-unsaturated/α-hetero) is 2. The maximum Gasteiger partial charge on any atom is 0.416 e. The van der Waals surface area contributed by atoms with Gasteiger partial charge >= 0.3 is 12.3 Å². The second kappa shape index (κ2) is 12.2. The predicted molar refractivity (Wildman–Crippen MR) is 133 cm³/mol. The number of carbonyl (C=O) groups excluding carboxylic acids is 3. The van der Waals surface area contributed by atoms with Gasteiger partial charge in [0.05, 0.1) is 11.5 Å². The minimum atomic E-state index is -4.65. The minimum Gasteiger partial charge on any atom is -0.445 e. The smallest absolute Gasteiger partial charge is 0.416 e. The number of hydrogen-bond donors (Lipinski definition) is 0. The predicted octanol–water partition coefficient (Wildman–Crippen LogP) is 6.21. The molecule has 1 aliphatic heterocycles. The molecule has 10 heteroatoms. The van der Waals surface area contributed by atoms with Crippen LogP contribution < -0.4 is 0 Å². The zero-order valence-corrected chi connectivity index (χ0v) is 20.9. The van der Waals surface area contributed by atoms with Crippen LogP contribution in [-0.2, 0) is 22.3 Å². The number of amides is 1. The zero-order chi connectivity index (χ0) is 28.0. The van der Waals surface area contributed by atoms with Gasteiger partial charge in [-0.15, -0.1) is 0 Å². The van der Waals surface area contributed by atoms with Crippen LogP contribution in [0, 0.1) is 11.9 Å². The first-order chi connectivity index (χ1) is 18.6. The standard InChI is InChI=1S/C29H26F4N2O4/c30-26-16-21(9-12-34-26)24(27(37)22-7-4-8-23(15-22)29(31,32)33)17-25(36)20-10-13-35(14-11-20)28(38)39-18-19-5-2-1-3-6-19/h1-9,12,15-16,20,24H,10-11,13-14,17-18H2. The number of ether oxygens (including phenoxy) is 1. The fourth-order valence-corrected chi connectivity index (χ4v) is 4.61. The van der Waals surface area contributed by atoms with Gasteiger partial charge in [0, 0.05) is 37.2 Å². The fraction of sp³-hybridized carbons (Fsp3) is 0.310. The molecule has 1 atom stereocenters. The van der Waals surface area contributed by atoms with Crippen molar-refractivity contribution in [2.75, 3.05) is 13.1 Å². The molecule has 0 radical (unpaired) electrons. The molecule has 2 heterocycles. The number of pyridine rings is 1. The van der Waals surface area contributed by atoms with Crippen molar-refractivity contribution in [1.82, 2.24) is 9.88 Å². The van der Waals surface area contributed by atoms with Crippen molar-refractivity contribution < 1.29 is 36.7 Å². The Morgan fingerprint density at radius 1 is 0.974 bits per heavy atom. The maximum absolute atomic E-state index is 13.9. The van der Waals surface area contributed by atoms with Gasteiger partial charge in [-0.05, 0) is 48.2 Å². The summed E-state index contributed by atoms with van der Waals surface area (Å²) in [5.41, 5.74) is -0.221. The van der Waals surface area contributed by atoms with Gasteiger partial charge in [0.1, 0.15) is 12.4 Å². The number of alkyl halides is 3. The summed E-state index contributed by atoms with van der Waals surface area (Å²) >= 11 is 0. The topological polar surface area (TPSA) is 76.6 Å². The highest BCUT2D eigenvalue weighted by molar-refractivity contribution is 6.03. The number of nitrogens with zero attached hydrogens (tertiary/aromatic N) is 2. The van der Waals surface area contributed by atoms with Crippen LogP contribution in [0.25, 0.3) is 0 Å². The van der Waals surface area contributed by atoms with Crippen LogP contribution in [0.4, 0.5) is 22.4 Å². The molecule has 3 aromatic rings. The summed E-state index contributed by atoms with van der Waals surface area (Å²) in [7, 11) is 0. The van der Waals surface area contributed by atoms with Gasteiger partial charge in [0.15, 0.2) is 5.78 Å². The normalized spacial score (nSPS) is 15.0. The van der Waals surface area contributed by atoms with Gasteiger partial charge in [-0.2, -0.15) is 17.6 Å². The van der Waals surface area contributed by atoms with E-state index in [9.17, 15) is 31.9 Å². The summed E-state index contributed by atoms with van der Waals surface area (Å²) in [6.45, 7) is 0.681. The van der Waals surface area contributed by atoms with Gasteiger partial charge in [-0.3, -0.25) is 9.59 Å².